The van der Waals surface area contributed by atoms with E-state index in [1.54, 1.807) is 14.2 Å². The standard InChI is InChI=1S/C10H12O2S/c1-11-7-8-3-5-9(6-4-8)10(13)12-2/h3-6H,7H2,1-2H3. The Labute approximate surface area is 83.5 Å². The normalized spacial score (nSPS) is 9.69. The molecule has 0 saturated carbocycles. The van der Waals surface area contributed by atoms with Crippen LogP contribution in [0.4, 0.5) is 0 Å². The van der Waals surface area contributed by atoms with Crippen LogP contribution in [0, 0.1) is 0 Å². The highest BCUT2D eigenvalue weighted by molar-refractivity contribution is 7.80. The minimum Gasteiger partial charge on any atom is -0.486 e. The van der Waals surface area contributed by atoms with E-state index in [1.807, 2.05) is 24.3 Å². The van der Waals surface area contributed by atoms with E-state index >= 15 is 0 Å². The van der Waals surface area contributed by atoms with Gasteiger partial charge in [0.25, 0.3) is 0 Å². The number of ether oxygens (including phenoxy) is 2. The van der Waals surface area contributed by atoms with E-state index in [0.717, 1.165) is 11.1 Å². The third-order valence-electron chi connectivity index (χ3n) is 1.69. The minimum atomic E-state index is 0.518. The van der Waals surface area contributed by atoms with Crippen molar-refractivity contribution in [2.75, 3.05) is 14.2 Å². The highest BCUT2D eigenvalue weighted by atomic mass is 32.1. The third kappa shape index (κ3) is 2.79. The molecule has 0 fully saturated rings. The summed E-state index contributed by atoms with van der Waals surface area (Å²) in [6.45, 7) is 0.625. The summed E-state index contributed by atoms with van der Waals surface area (Å²) in [5.74, 6) is 0. The van der Waals surface area contributed by atoms with Crippen LogP contribution in [-0.4, -0.2) is 19.3 Å². The predicted molar refractivity (Wildman–Crippen MR) is 55.9 cm³/mol. The summed E-state index contributed by atoms with van der Waals surface area (Å²) >= 11 is 4.98. The van der Waals surface area contributed by atoms with E-state index in [2.05, 4.69) is 0 Å². The SMILES string of the molecule is COCc1ccc(C(=S)OC)cc1. The lowest BCUT2D eigenvalue weighted by Gasteiger charge is -2.03. The van der Waals surface area contributed by atoms with E-state index in [0.29, 0.717) is 11.7 Å². The maximum atomic E-state index is 4.99. The van der Waals surface area contributed by atoms with Gasteiger partial charge >= 0.3 is 0 Å². The average Bonchev–Trinajstić information content (AvgIpc) is 2.18. The molecule has 0 aliphatic heterocycles. The zero-order valence-corrected chi connectivity index (χ0v) is 8.56. The molecule has 0 saturated heterocycles. The molecule has 3 heteroatoms. The molecule has 0 unspecified atom stereocenters. The Kier molecular flexibility index (Phi) is 3.86. The second-order valence-corrected chi connectivity index (χ2v) is 2.99. The van der Waals surface area contributed by atoms with Gasteiger partial charge in [0.1, 0.15) is 0 Å². The first kappa shape index (κ1) is 10.2. The highest BCUT2D eigenvalue weighted by Crippen LogP contribution is 2.07. The molecule has 0 heterocycles. The molecule has 0 atom stereocenters. The van der Waals surface area contributed by atoms with Crippen LogP contribution in [0.3, 0.4) is 0 Å². The number of benzene rings is 1. The Hall–Kier alpha value is -0.930. The van der Waals surface area contributed by atoms with Crippen molar-refractivity contribution in [1.29, 1.82) is 0 Å². The second kappa shape index (κ2) is 4.94. The van der Waals surface area contributed by atoms with Crippen LogP contribution in [0.15, 0.2) is 24.3 Å². The summed E-state index contributed by atoms with van der Waals surface area (Å²) in [4.78, 5) is 0. The van der Waals surface area contributed by atoms with Gasteiger partial charge in [-0.1, -0.05) is 12.1 Å². The van der Waals surface area contributed by atoms with Crippen molar-refractivity contribution in [1.82, 2.24) is 0 Å². The fourth-order valence-corrected chi connectivity index (χ4v) is 1.16. The lowest BCUT2D eigenvalue weighted by atomic mass is 10.1. The van der Waals surface area contributed by atoms with Gasteiger partial charge in [0.2, 0.25) is 0 Å². The number of hydrogen-bond acceptors (Lipinski definition) is 3. The second-order valence-electron chi connectivity index (χ2n) is 2.62. The van der Waals surface area contributed by atoms with E-state index in [-0.39, 0.29) is 0 Å². The molecule has 0 bridgehead atoms. The van der Waals surface area contributed by atoms with Crippen molar-refractivity contribution >= 4 is 17.3 Å². The Balaban J connectivity index is 2.75. The molecule has 2 nitrogen and oxygen atoms in total. The largest absolute Gasteiger partial charge is 0.486 e. The predicted octanol–water partition coefficient (Wildman–Crippen LogP) is 2.15. The summed E-state index contributed by atoms with van der Waals surface area (Å²) in [5, 5.41) is 0.518. The van der Waals surface area contributed by atoms with Gasteiger partial charge in [-0.05, 0) is 29.9 Å². The lowest BCUT2D eigenvalue weighted by Crippen LogP contribution is -1.99. The van der Waals surface area contributed by atoms with Gasteiger partial charge in [0.05, 0.1) is 13.7 Å². The molecule has 13 heavy (non-hydrogen) atoms. The van der Waals surface area contributed by atoms with Crippen molar-refractivity contribution in [2.24, 2.45) is 0 Å². The Bertz CT molecular complexity index is 279. The van der Waals surface area contributed by atoms with E-state index in [4.69, 9.17) is 21.7 Å². The molecule has 1 aromatic rings. The van der Waals surface area contributed by atoms with Gasteiger partial charge in [-0.15, -0.1) is 0 Å². The van der Waals surface area contributed by atoms with Crippen LogP contribution >= 0.6 is 12.2 Å². The van der Waals surface area contributed by atoms with Crippen LogP contribution in [0.2, 0.25) is 0 Å². The van der Waals surface area contributed by atoms with Gasteiger partial charge in [0, 0.05) is 12.7 Å². The van der Waals surface area contributed by atoms with Crippen molar-refractivity contribution in [3.8, 4) is 0 Å². The zero-order chi connectivity index (χ0) is 9.68. The minimum absolute atomic E-state index is 0.518. The summed E-state index contributed by atoms with van der Waals surface area (Å²) in [6, 6.07) is 7.81. The van der Waals surface area contributed by atoms with Crippen molar-refractivity contribution in [2.45, 2.75) is 6.61 Å². The molecular formula is C10H12O2S. The maximum absolute atomic E-state index is 4.99. The van der Waals surface area contributed by atoms with Crippen LogP contribution in [0.5, 0.6) is 0 Å². The van der Waals surface area contributed by atoms with Gasteiger partial charge in [-0.3, -0.25) is 0 Å². The van der Waals surface area contributed by atoms with Gasteiger partial charge in [-0.2, -0.15) is 0 Å². The van der Waals surface area contributed by atoms with Crippen molar-refractivity contribution in [3.05, 3.63) is 35.4 Å². The summed E-state index contributed by atoms with van der Waals surface area (Å²) in [6.07, 6.45) is 0. The molecular weight excluding hydrogens is 184 g/mol. The topological polar surface area (TPSA) is 18.5 Å². The average molecular weight is 196 g/mol. The van der Waals surface area contributed by atoms with Crippen LogP contribution in [-0.2, 0) is 16.1 Å². The van der Waals surface area contributed by atoms with Crippen LogP contribution in [0.1, 0.15) is 11.1 Å². The molecule has 0 aromatic heterocycles. The fraction of sp³-hybridized carbons (Fsp3) is 0.300. The molecule has 0 aliphatic carbocycles. The molecule has 0 aliphatic rings. The first-order valence-electron chi connectivity index (χ1n) is 3.94. The van der Waals surface area contributed by atoms with E-state index in [1.165, 1.54) is 0 Å². The smallest absolute Gasteiger partial charge is 0.190 e. The van der Waals surface area contributed by atoms with E-state index < -0.39 is 0 Å². The molecule has 0 spiro atoms. The first-order chi connectivity index (χ1) is 6.27. The molecule has 1 aromatic carbocycles. The molecule has 0 radical (unpaired) electrons. The summed E-state index contributed by atoms with van der Waals surface area (Å²) < 4.78 is 9.93. The van der Waals surface area contributed by atoms with Crippen LogP contribution in [0.25, 0.3) is 0 Å². The zero-order valence-electron chi connectivity index (χ0n) is 7.74. The quantitative estimate of drug-likeness (QED) is 0.690. The lowest BCUT2D eigenvalue weighted by molar-refractivity contribution is 0.185. The van der Waals surface area contributed by atoms with Crippen molar-refractivity contribution in [3.63, 3.8) is 0 Å². The van der Waals surface area contributed by atoms with Crippen molar-refractivity contribution < 1.29 is 9.47 Å². The molecule has 0 amide bonds. The fourth-order valence-electron chi connectivity index (χ4n) is 1.02. The highest BCUT2D eigenvalue weighted by Gasteiger charge is 1.99. The maximum Gasteiger partial charge on any atom is 0.190 e. The number of methoxy groups -OCH3 is 2. The number of hydrogen-bond donors (Lipinski definition) is 0. The summed E-state index contributed by atoms with van der Waals surface area (Å²) in [7, 11) is 3.25. The van der Waals surface area contributed by atoms with Gasteiger partial charge in [0.15, 0.2) is 5.05 Å². The Morgan fingerprint density at radius 3 is 2.31 bits per heavy atom. The Morgan fingerprint density at radius 1 is 1.23 bits per heavy atom. The van der Waals surface area contributed by atoms with Gasteiger partial charge in [-0.25, -0.2) is 0 Å². The first-order valence-corrected chi connectivity index (χ1v) is 4.35. The number of rotatable bonds is 3. The Morgan fingerprint density at radius 2 is 1.85 bits per heavy atom. The molecule has 0 N–H and O–H groups in total. The third-order valence-corrected chi connectivity index (χ3v) is 2.09. The van der Waals surface area contributed by atoms with E-state index in [9.17, 15) is 0 Å². The molecule has 70 valence electrons. The summed E-state index contributed by atoms with van der Waals surface area (Å²) in [5.41, 5.74) is 2.06. The number of thiocarbonyl (C=S) groups is 1. The monoisotopic (exact) mass is 196 g/mol. The van der Waals surface area contributed by atoms with Gasteiger partial charge < -0.3 is 9.47 Å². The molecule has 1 rings (SSSR count). The van der Waals surface area contributed by atoms with Crippen LogP contribution < -0.4 is 0 Å².